The predicted octanol–water partition coefficient (Wildman–Crippen LogP) is 2.43. The molecule has 5 heteroatoms. The number of alkyl halides is 1. The minimum atomic E-state index is 0.233. The Morgan fingerprint density at radius 1 is 1.47 bits per heavy atom. The summed E-state index contributed by atoms with van der Waals surface area (Å²) in [6, 6.07) is 0. The van der Waals surface area contributed by atoms with Crippen molar-refractivity contribution in [2.45, 2.75) is 46.7 Å². The first-order valence-corrected chi connectivity index (χ1v) is 6.76. The van der Waals surface area contributed by atoms with E-state index in [1.54, 1.807) is 6.33 Å². The van der Waals surface area contributed by atoms with Crippen LogP contribution < -0.4 is 5.32 Å². The van der Waals surface area contributed by atoms with Gasteiger partial charge in [-0.05, 0) is 18.3 Å². The van der Waals surface area contributed by atoms with Crippen molar-refractivity contribution >= 4 is 11.6 Å². The van der Waals surface area contributed by atoms with Gasteiger partial charge in [-0.1, -0.05) is 20.8 Å². The van der Waals surface area contributed by atoms with E-state index in [-0.39, 0.29) is 5.41 Å². The third kappa shape index (κ3) is 5.04. The zero-order valence-electron chi connectivity index (χ0n) is 11.0. The molecular formula is C12H23ClN4. The molecule has 0 aliphatic rings. The maximum atomic E-state index is 5.78. The molecule has 17 heavy (non-hydrogen) atoms. The number of aryl methyl sites for hydroxylation is 1. The quantitative estimate of drug-likeness (QED) is 0.729. The fourth-order valence-corrected chi connectivity index (χ4v) is 2.19. The molecule has 1 aromatic heterocycles. The van der Waals surface area contributed by atoms with Gasteiger partial charge < -0.3 is 5.32 Å². The number of rotatable bonds is 8. The average molecular weight is 259 g/mol. The highest BCUT2D eigenvalue weighted by atomic mass is 35.5. The minimum absolute atomic E-state index is 0.233. The van der Waals surface area contributed by atoms with Crippen LogP contribution in [0.3, 0.4) is 0 Å². The Morgan fingerprint density at radius 2 is 2.24 bits per heavy atom. The molecule has 0 atom stereocenters. The Labute approximate surface area is 109 Å². The largest absolute Gasteiger partial charge is 0.309 e. The van der Waals surface area contributed by atoms with Crippen LogP contribution >= 0.6 is 11.6 Å². The van der Waals surface area contributed by atoms with Crippen LogP contribution in [0.5, 0.6) is 0 Å². The smallest absolute Gasteiger partial charge is 0.140 e. The fourth-order valence-electron chi connectivity index (χ4n) is 1.68. The number of nitrogens with zero attached hydrogens (tertiary/aromatic N) is 3. The first kappa shape index (κ1) is 14.5. The highest BCUT2D eigenvalue weighted by Gasteiger charge is 2.16. The molecule has 0 saturated heterocycles. The summed E-state index contributed by atoms with van der Waals surface area (Å²) < 4.78 is 1.96. The number of hydrogen-bond donors (Lipinski definition) is 1. The molecule has 0 bridgehead atoms. The SMILES string of the molecule is CCCn1ncnc1CNCC(C)(C)CCCl. The molecule has 4 nitrogen and oxygen atoms in total. The molecule has 1 N–H and O–H groups in total. The summed E-state index contributed by atoms with van der Waals surface area (Å²) in [4.78, 5) is 4.26. The van der Waals surface area contributed by atoms with Gasteiger partial charge in [-0.25, -0.2) is 9.67 Å². The number of halogens is 1. The average Bonchev–Trinajstić information content (AvgIpc) is 2.66. The lowest BCUT2D eigenvalue weighted by Gasteiger charge is -2.23. The van der Waals surface area contributed by atoms with E-state index >= 15 is 0 Å². The normalized spacial score (nSPS) is 12.0. The Hall–Kier alpha value is -0.610. The zero-order chi connectivity index (χ0) is 12.7. The molecule has 0 spiro atoms. The third-order valence-corrected chi connectivity index (χ3v) is 2.98. The molecular weight excluding hydrogens is 236 g/mol. The van der Waals surface area contributed by atoms with Gasteiger partial charge >= 0.3 is 0 Å². The Morgan fingerprint density at radius 3 is 2.88 bits per heavy atom. The van der Waals surface area contributed by atoms with E-state index in [1.165, 1.54) is 0 Å². The summed E-state index contributed by atoms with van der Waals surface area (Å²) in [7, 11) is 0. The summed E-state index contributed by atoms with van der Waals surface area (Å²) in [6.45, 7) is 9.23. The van der Waals surface area contributed by atoms with E-state index < -0.39 is 0 Å². The van der Waals surface area contributed by atoms with E-state index in [0.29, 0.717) is 5.88 Å². The van der Waals surface area contributed by atoms with Crippen molar-refractivity contribution in [2.24, 2.45) is 5.41 Å². The van der Waals surface area contributed by atoms with Gasteiger partial charge in [0.25, 0.3) is 0 Å². The van der Waals surface area contributed by atoms with Crippen molar-refractivity contribution < 1.29 is 0 Å². The second-order valence-electron chi connectivity index (χ2n) is 5.11. The molecule has 1 heterocycles. The summed E-state index contributed by atoms with van der Waals surface area (Å²) in [5, 5.41) is 7.63. The van der Waals surface area contributed by atoms with Crippen LogP contribution in [0, 0.1) is 5.41 Å². The van der Waals surface area contributed by atoms with E-state index in [2.05, 4.69) is 36.2 Å². The van der Waals surface area contributed by atoms with Crippen molar-refractivity contribution in [2.75, 3.05) is 12.4 Å². The van der Waals surface area contributed by atoms with Crippen LogP contribution in [0.2, 0.25) is 0 Å². The minimum Gasteiger partial charge on any atom is -0.309 e. The molecule has 0 saturated carbocycles. The molecule has 0 radical (unpaired) electrons. The highest BCUT2D eigenvalue weighted by molar-refractivity contribution is 6.17. The predicted molar refractivity (Wildman–Crippen MR) is 71.1 cm³/mol. The first-order valence-electron chi connectivity index (χ1n) is 6.22. The van der Waals surface area contributed by atoms with Gasteiger partial charge in [-0.2, -0.15) is 5.10 Å². The van der Waals surface area contributed by atoms with Gasteiger partial charge in [-0.15, -0.1) is 11.6 Å². The molecule has 0 aliphatic heterocycles. The highest BCUT2D eigenvalue weighted by Crippen LogP contribution is 2.19. The van der Waals surface area contributed by atoms with Crippen LogP contribution in [0.25, 0.3) is 0 Å². The monoisotopic (exact) mass is 258 g/mol. The van der Waals surface area contributed by atoms with Crippen molar-refractivity contribution in [1.29, 1.82) is 0 Å². The third-order valence-electron chi connectivity index (χ3n) is 2.79. The van der Waals surface area contributed by atoms with E-state index in [4.69, 9.17) is 11.6 Å². The van der Waals surface area contributed by atoms with Crippen LogP contribution in [-0.4, -0.2) is 27.2 Å². The number of nitrogens with one attached hydrogen (secondary N) is 1. The van der Waals surface area contributed by atoms with Gasteiger partial charge in [0, 0.05) is 19.0 Å². The molecule has 0 unspecified atom stereocenters. The number of aromatic nitrogens is 3. The number of hydrogen-bond acceptors (Lipinski definition) is 3. The molecule has 98 valence electrons. The first-order chi connectivity index (χ1) is 8.09. The van der Waals surface area contributed by atoms with Crippen molar-refractivity contribution in [3.05, 3.63) is 12.2 Å². The Bertz CT molecular complexity index is 322. The molecule has 0 fully saturated rings. The Kier molecular flexibility index (Phi) is 5.92. The molecule has 1 aromatic rings. The van der Waals surface area contributed by atoms with Crippen molar-refractivity contribution in [3.63, 3.8) is 0 Å². The standard InChI is InChI=1S/C12H23ClN4/c1-4-7-17-11(15-10-16-17)8-14-9-12(2,3)5-6-13/h10,14H,4-9H2,1-3H3. The van der Waals surface area contributed by atoms with E-state index in [0.717, 1.165) is 38.3 Å². The lowest BCUT2D eigenvalue weighted by atomic mass is 9.90. The lowest BCUT2D eigenvalue weighted by Crippen LogP contribution is -2.30. The van der Waals surface area contributed by atoms with E-state index in [1.807, 2.05) is 4.68 Å². The van der Waals surface area contributed by atoms with Gasteiger partial charge in [0.15, 0.2) is 0 Å². The Balaban J connectivity index is 2.37. The summed E-state index contributed by atoms with van der Waals surface area (Å²) >= 11 is 5.78. The van der Waals surface area contributed by atoms with Crippen LogP contribution in [0.1, 0.15) is 39.4 Å². The van der Waals surface area contributed by atoms with E-state index in [9.17, 15) is 0 Å². The lowest BCUT2D eigenvalue weighted by molar-refractivity contribution is 0.326. The van der Waals surface area contributed by atoms with Crippen molar-refractivity contribution in [3.8, 4) is 0 Å². The zero-order valence-corrected chi connectivity index (χ0v) is 11.8. The fraction of sp³-hybridized carbons (Fsp3) is 0.833. The molecule has 1 rings (SSSR count). The second-order valence-corrected chi connectivity index (χ2v) is 5.48. The maximum absolute atomic E-state index is 5.78. The second kappa shape index (κ2) is 6.97. The van der Waals surface area contributed by atoms with Gasteiger partial charge in [0.1, 0.15) is 12.2 Å². The topological polar surface area (TPSA) is 42.7 Å². The summed E-state index contributed by atoms with van der Waals surface area (Å²) in [5.41, 5.74) is 0.233. The molecule has 0 aliphatic carbocycles. The van der Waals surface area contributed by atoms with Gasteiger partial charge in [-0.3, -0.25) is 0 Å². The van der Waals surface area contributed by atoms with Crippen LogP contribution in [0.15, 0.2) is 6.33 Å². The summed E-state index contributed by atoms with van der Waals surface area (Å²) in [6.07, 6.45) is 3.72. The van der Waals surface area contributed by atoms with Crippen LogP contribution in [-0.2, 0) is 13.1 Å². The molecule has 0 aromatic carbocycles. The van der Waals surface area contributed by atoms with Gasteiger partial charge in [0.05, 0.1) is 6.54 Å². The maximum Gasteiger partial charge on any atom is 0.140 e. The molecule has 0 amide bonds. The summed E-state index contributed by atoms with van der Waals surface area (Å²) in [5.74, 6) is 1.72. The van der Waals surface area contributed by atoms with Gasteiger partial charge in [0.2, 0.25) is 0 Å². The van der Waals surface area contributed by atoms with Crippen molar-refractivity contribution in [1.82, 2.24) is 20.1 Å². The van der Waals surface area contributed by atoms with Crippen LogP contribution in [0.4, 0.5) is 0 Å².